The Hall–Kier alpha value is -2.37. The van der Waals surface area contributed by atoms with Crippen LogP contribution in [0.5, 0.6) is 0 Å². The number of nitrogens with zero attached hydrogens (tertiary/aromatic N) is 2. The monoisotopic (exact) mass is 247 g/mol. The molecule has 0 radical (unpaired) electrons. The number of carboxylic acid groups (broad SMARTS) is 1. The van der Waals surface area contributed by atoms with Crippen molar-refractivity contribution in [2.45, 2.75) is 13.5 Å². The zero-order valence-electron chi connectivity index (χ0n) is 10.1. The van der Waals surface area contributed by atoms with Gasteiger partial charge in [0.05, 0.1) is 11.0 Å². The lowest BCUT2D eigenvalue weighted by Crippen LogP contribution is -2.24. The fraction of sp³-hybridized carbons (Fsp3) is 0.250. The average molecular weight is 247 g/mol. The highest BCUT2D eigenvalue weighted by Crippen LogP contribution is 2.19. The number of benzene rings is 1. The minimum Gasteiger partial charge on any atom is -0.480 e. The highest BCUT2D eigenvalue weighted by Gasteiger charge is 2.18. The van der Waals surface area contributed by atoms with Gasteiger partial charge in [-0.1, -0.05) is 12.1 Å². The second kappa shape index (κ2) is 4.48. The molecule has 1 amide bonds. The van der Waals surface area contributed by atoms with Gasteiger partial charge in [0.15, 0.2) is 0 Å². The predicted octanol–water partition coefficient (Wildman–Crippen LogP) is 0.789. The molecule has 6 nitrogen and oxygen atoms in total. The molecule has 2 rings (SSSR count). The highest BCUT2D eigenvalue weighted by atomic mass is 16.4. The highest BCUT2D eigenvalue weighted by molar-refractivity contribution is 5.96. The summed E-state index contributed by atoms with van der Waals surface area (Å²) in [4.78, 5) is 26.8. The fourth-order valence-electron chi connectivity index (χ4n) is 1.87. The number of carbonyl (C=O) groups excluding carboxylic acids is 1. The Morgan fingerprint density at radius 3 is 2.78 bits per heavy atom. The number of rotatable bonds is 3. The first-order valence-electron chi connectivity index (χ1n) is 5.44. The van der Waals surface area contributed by atoms with Gasteiger partial charge < -0.3 is 15.0 Å². The smallest absolute Gasteiger partial charge is 0.323 e. The Kier molecular flexibility index (Phi) is 3.01. The van der Waals surface area contributed by atoms with E-state index < -0.39 is 11.9 Å². The molecule has 0 aliphatic carbocycles. The van der Waals surface area contributed by atoms with Crippen molar-refractivity contribution < 1.29 is 14.7 Å². The van der Waals surface area contributed by atoms with Crippen LogP contribution in [0, 0.1) is 6.92 Å². The molecule has 2 N–H and O–H groups in total. The van der Waals surface area contributed by atoms with E-state index in [2.05, 4.69) is 10.3 Å². The standard InChI is InChI=1S/C12H13N3O3/c1-7-4-3-5-8-10(7)14-11(12(18)13-2)15(8)6-9(16)17/h3-5H,6H2,1-2H3,(H,13,18)(H,16,17). The van der Waals surface area contributed by atoms with Gasteiger partial charge in [-0.3, -0.25) is 9.59 Å². The topological polar surface area (TPSA) is 84.2 Å². The van der Waals surface area contributed by atoms with Gasteiger partial charge in [0.25, 0.3) is 5.91 Å². The number of hydrogen-bond donors (Lipinski definition) is 2. The number of para-hydroxylation sites is 1. The van der Waals surface area contributed by atoms with E-state index >= 15 is 0 Å². The van der Waals surface area contributed by atoms with Crippen LogP contribution in [0.1, 0.15) is 16.2 Å². The molecular weight excluding hydrogens is 234 g/mol. The van der Waals surface area contributed by atoms with Gasteiger partial charge in [0, 0.05) is 7.05 Å². The molecule has 0 aliphatic heterocycles. The van der Waals surface area contributed by atoms with Crippen LogP contribution >= 0.6 is 0 Å². The number of nitrogens with one attached hydrogen (secondary N) is 1. The third-order valence-electron chi connectivity index (χ3n) is 2.70. The summed E-state index contributed by atoms with van der Waals surface area (Å²) >= 11 is 0. The number of carboxylic acids is 1. The lowest BCUT2D eigenvalue weighted by molar-refractivity contribution is -0.137. The number of hydrogen-bond acceptors (Lipinski definition) is 3. The third kappa shape index (κ3) is 1.92. The molecule has 1 aromatic heterocycles. The molecule has 0 saturated carbocycles. The van der Waals surface area contributed by atoms with E-state index in [0.717, 1.165) is 5.56 Å². The number of amides is 1. The van der Waals surface area contributed by atoms with Gasteiger partial charge in [-0.15, -0.1) is 0 Å². The second-order valence-electron chi connectivity index (χ2n) is 3.94. The van der Waals surface area contributed by atoms with Crippen molar-refractivity contribution in [3.63, 3.8) is 0 Å². The van der Waals surface area contributed by atoms with Crippen molar-refractivity contribution in [1.29, 1.82) is 0 Å². The van der Waals surface area contributed by atoms with Crippen molar-refractivity contribution >= 4 is 22.9 Å². The quantitative estimate of drug-likeness (QED) is 0.839. The predicted molar refractivity (Wildman–Crippen MR) is 65.5 cm³/mol. The van der Waals surface area contributed by atoms with Crippen LogP contribution in [0.4, 0.5) is 0 Å². The van der Waals surface area contributed by atoms with Gasteiger partial charge >= 0.3 is 5.97 Å². The molecule has 1 heterocycles. The minimum atomic E-state index is -1.01. The van der Waals surface area contributed by atoms with Crippen LogP contribution in [0.15, 0.2) is 18.2 Å². The third-order valence-corrected chi connectivity index (χ3v) is 2.70. The molecule has 94 valence electrons. The molecular formula is C12H13N3O3. The molecule has 2 aromatic rings. The van der Waals surface area contributed by atoms with Crippen molar-refractivity contribution in [1.82, 2.24) is 14.9 Å². The molecule has 0 bridgehead atoms. The Bertz CT molecular complexity index is 631. The largest absolute Gasteiger partial charge is 0.480 e. The first-order valence-corrected chi connectivity index (χ1v) is 5.44. The van der Waals surface area contributed by atoms with Crippen LogP contribution in [0.3, 0.4) is 0 Å². The van der Waals surface area contributed by atoms with E-state index in [1.165, 1.54) is 11.6 Å². The molecule has 0 fully saturated rings. The SMILES string of the molecule is CNC(=O)c1nc2c(C)cccc2n1CC(=O)O. The molecule has 18 heavy (non-hydrogen) atoms. The van der Waals surface area contributed by atoms with Crippen LogP contribution in [0.2, 0.25) is 0 Å². The number of aliphatic carboxylic acids is 1. The van der Waals surface area contributed by atoms with Crippen LogP contribution in [-0.2, 0) is 11.3 Å². The summed E-state index contributed by atoms with van der Waals surface area (Å²) in [5, 5.41) is 11.4. The maximum atomic E-state index is 11.7. The lowest BCUT2D eigenvalue weighted by Gasteiger charge is -2.04. The molecule has 0 saturated heterocycles. The number of aromatic nitrogens is 2. The molecule has 0 aliphatic rings. The summed E-state index contributed by atoms with van der Waals surface area (Å²) in [6, 6.07) is 5.43. The van der Waals surface area contributed by atoms with Gasteiger partial charge in [-0.2, -0.15) is 0 Å². The van der Waals surface area contributed by atoms with Crippen molar-refractivity contribution in [3.05, 3.63) is 29.6 Å². The zero-order chi connectivity index (χ0) is 13.3. The fourth-order valence-corrected chi connectivity index (χ4v) is 1.87. The molecule has 0 spiro atoms. The van der Waals surface area contributed by atoms with E-state index in [1.807, 2.05) is 19.1 Å². The van der Waals surface area contributed by atoms with E-state index in [-0.39, 0.29) is 12.4 Å². The van der Waals surface area contributed by atoms with E-state index in [0.29, 0.717) is 11.0 Å². The number of carbonyl (C=O) groups is 2. The number of aryl methyl sites for hydroxylation is 1. The molecule has 0 unspecified atom stereocenters. The Morgan fingerprint density at radius 1 is 1.44 bits per heavy atom. The van der Waals surface area contributed by atoms with Crippen LogP contribution in [0.25, 0.3) is 11.0 Å². The van der Waals surface area contributed by atoms with Crippen LogP contribution < -0.4 is 5.32 Å². The summed E-state index contributed by atoms with van der Waals surface area (Å²) in [7, 11) is 1.49. The number of fused-ring (bicyclic) bond motifs is 1. The average Bonchev–Trinajstić information content (AvgIpc) is 2.68. The summed E-state index contributed by atoms with van der Waals surface area (Å²) in [6.07, 6.45) is 0. The summed E-state index contributed by atoms with van der Waals surface area (Å²) in [5.74, 6) is -1.29. The summed E-state index contributed by atoms with van der Waals surface area (Å²) < 4.78 is 1.41. The van der Waals surface area contributed by atoms with Gasteiger partial charge in [-0.05, 0) is 18.6 Å². The molecule has 0 atom stereocenters. The molecule has 1 aromatic carbocycles. The maximum absolute atomic E-state index is 11.7. The van der Waals surface area contributed by atoms with E-state index in [9.17, 15) is 9.59 Å². The van der Waals surface area contributed by atoms with Crippen molar-refractivity contribution in [2.75, 3.05) is 7.05 Å². The lowest BCUT2D eigenvalue weighted by atomic mass is 10.2. The van der Waals surface area contributed by atoms with Gasteiger partial charge in [0.2, 0.25) is 5.82 Å². The summed E-state index contributed by atoms with van der Waals surface area (Å²) in [5.41, 5.74) is 2.20. The Labute approximate surface area is 103 Å². The van der Waals surface area contributed by atoms with Gasteiger partial charge in [-0.25, -0.2) is 4.98 Å². The summed E-state index contributed by atoms with van der Waals surface area (Å²) in [6.45, 7) is 1.58. The van der Waals surface area contributed by atoms with Crippen molar-refractivity contribution in [2.24, 2.45) is 0 Å². The van der Waals surface area contributed by atoms with E-state index in [4.69, 9.17) is 5.11 Å². The van der Waals surface area contributed by atoms with Crippen LogP contribution in [-0.4, -0.2) is 33.6 Å². The molecule has 6 heteroatoms. The van der Waals surface area contributed by atoms with Crippen molar-refractivity contribution in [3.8, 4) is 0 Å². The number of imidazole rings is 1. The second-order valence-corrected chi connectivity index (χ2v) is 3.94. The first-order chi connectivity index (χ1) is 8.54. The van der Waals surface area contributed by atoms with E-state index in [1.54, 1.807) is 6.07 Å². The normalized spacial score (nSPS) is 10.6. The minimum absolute atomic E-state index is 0.115. The first kappa shape index (κ1) is 12.1. The maximum Gasteiger partial charge on any atom is 0.323 e. The Morgan fingerprint density at radius 2 is 2.17 bits per heavy atom. The van der Waals surface area contributed by atoms with Gasteiger partial charge in [0.1, 0.15) is 6.54 Å². The Balaban J connectivity index is 2.72. The zero-order valence-corrected chi connectivity index (χ0v) is 10.1.